The third kappa shape index (κ3) is 13.4. The van der Waals surface area contributed by atoms with Crippen LogP contribution in [-0.2, 0) is 48.9 Å². The molecular weight excluding hydrogens is 886 g/mol. The van der Waals surface area contributed by atoms with E-state index in [4.69, 9.17) is 16.3 Å². The number of benzene rings is 6. The van der Waals surface area contributed by atoms with Crippen molar-refractivity contribution >= 4 is 47.0 Å². The van der Waals surface area contributed by atoms with Crippen LogP contribution in [0.3, 0.4) is 0 Å². The molecule has 0 saturated heterocycles. The predicted octanol–water partition coefficient (Wildman–Crippen LogP) is 9.23. The van der Waals surface area contributed by atoms with E-state index in [2.05, 4.69) is 21.3 Å². The van der Waals surface area contributed by atoms with Crippen LogP contribution in [0.15, 0.2) is 182 Å². The SMILES string of the molecule is CC(C)C[C@H](NC(=O)OCc1ccccc1)C(=O)N[C@@H](Cc1ccccc1)C(=O)N[C@H](/C=C/C(=O)N1CCc2cc(Cl)ccc21)CCC(=O)NC(c1ccccc1)(c1ccccc1)c1ccccc1. The summed E-state index contributed by atoms with van der Waals surface area (Å²) in [7, 11) is 0. The maximum absolute atomic E-state index is 14.7. The summed E-state index contributed by atoms with van der Waals surface area (Å²) >= 11 is 6.27. The molecule has 3 atom stereocenters. The molecule has 1 heterocycles. The fourth-order valence-electron chi connectivity index (χ4n) is 8.67. The van der Waals surface area contributed by atoms with Crippen molar-refractivity contribution in [3.8, 4) is 0 Å². The van der Waals surface area contributed by atoms with Gasteiger partial charge >= 0.3 is 6.09 Å². The Morgan fingerprint density at radius 1 is 0.667 bits per heavy atom. The highest BCUT2D eigenvalue weighted by atomic mass is 35.5. The molecule has 0 bridgehead atoms. The number of halogens is 1. The molecular formula is C57H58ClN5O6. The van der Waals surface area contributed by atoms with Gasteiger partial charge in [0.25, 0.3) is 5.91 Å². The number of anilines is 1. The van der Waals surface area contributed by atoms with E-state index < -0.39 is 41.6 Å². The van der Waals surface area contributed by atoms with Crippen LogP contribution in [0.2, 0.25) is 5.02 Å². The second kappa shape index (κ2) is 24.0. The second-order valence-corrected chi connectivity index (χ2v) is 18.0. The first-order chi connectivity index (χ1) is 33.5. The summed E-state index contributed by atoms with van der Waals surface area (Å²) < 4.78 is 5.46. The number of nitrogens with one attached hydrogen (secondary N) is 4. The highest BCUT2D eigenvalue weighted by Crippen LogP contribution is 2.37. The lowest BCUT2D eigenvalue weighted by Crippen LogP contribution is -2.56. The molecule has 6 aromatic rings. The molecule has 6 aromatic carbocycles. The standard InChI is InChI=1S/C57H58ClN5O6/c1-40(2)36-49(61-56(68)69-39-42-20-10-4-11-21-42)55(67)60-50(37-41-18-8-3-9-19-41)54(66)59-48(30-33-53(65)63-35-34-43-38-47(58)28-31-51(43)63)29-32-52(64)62-57(44-22-12-5-13-23-44,45-24-14-6-15-25-45)46-26-16-7-17-27-46/h3-28,30-31,33,38,40,48-50H,29,32,34-37,39H2,1-2H3,(H,59,66)(H,60,67)(H,61,68)(H,62,64)/b33-30+/t48-,49-,50-/m0/s1. The number of carbonyl (C=O) groups is 5. The molecule has 354 valence electrons. The summed E-state index contributed by atoms with van der Waals surface area (Å²) in [6.45, 7) is 4.33. The predicted molar refractivity (Wildman–Crippen MR) is 270 cm³/mol. The van der Waals surface area contributed by atoms with Crippen LogP contribution < -0.4 is 26.2 Å². The zero-order valence-electron chi connectivity index (χ0n) is 38.9. The third-order valence-electron chi connectivity index (χ3n) is 12.1. The lowest BCUT2D eigenvalue weighted by atomic mass is 9.77. The van der Waals surface area contributed by atoms with E-state index in [1.165, 1.54) is 6.08 Å². The molecule has 1 aliphatic rings. The van der Waals surface area contributed by atoms with Gasteiger partial charge in [-0.05, 0) is 76.8 Å². The smallest absolute Gasteiger partial charge is 0.408 e. The van der Waals surface area contributed by atoms with Gasteiger partial charge in [-0.2, -0.15) is 0 Å². The minimum atomic E-state index is -1.12. The third-order valence-corrected chi connectivity index (χ3v) is 12.3. The minimum absolute atomic E-state index is 0.00117. The number of nitrogens with zero attached hydrogens (tertiary/aromatic N) is 1. The zero-order valence-corrected chi connectivity index (χ0v) is 39.6. The molecule has 7 rings (SSSR count). The molecule has 0 fully saturated rings. The molecule has 5 amide bonds. The van der Waals surface area contributed by atoms with Gasteiger partial charge in [0.15, 0.2) is 0 Å². The summed E-state index contributed by atoms with van der Waals surface area (Å²) in [6, 6.07) is 50.2. The van der Waals surface area contributed by atoms with Gasteiger partial charge < -0.3 is 30.9 Å². The number of hydrogen-bond donors (Lipinski definition) is 4. The van der Waals surface area contributed by atoms with Crippen molar-refractivity contribution in [2.75, 3.05) is 11.4 Å². The number of carbonyl (C=O) groups excluding carboxylic acids is 5. The molecule has 0 saturated carbocycles. The Morgan fingerprint density at radius 3 is 1.77 bits per heavy atom. The van der Waals surface area contributed by atoms with Crippen LogP contribution in [0.25, 0.3) is 0 Å². The first-order valence-electron chi connectivity index (χ1n) is 23.4. The van der Waals surface area contributed by atoms with E-state index in [1.807, 2.05) is 178 Å². The first-order valence-corrected chi connectivity index (χ1v) is 23.7. The summed E-state index contributed by atoms with van der Waals surface area (Å²) in [5, 5.41) is 12.7. The van der Waals surface area contributed by atoms with Crippen LogP contribution in [-0.4, -0.2) is 54.4 Å². The topological polar surface area (TPSA) is 146 Å². The fourth-order valence-corrected chi connectivity index (χ4v) is 8.86. The molecule has 4 N–H and O–H groups in total. The number of alkyl carbamates (subject to hydrolysis) is 1. The van der Waals surface area contributed by atoms with Gasteiger partial charge in [-0.25, -0.2) is 4.79 Å². The average Bonchev–Trinajstić information content (AvgIpc) is 3.79. The van der Waals surface area contributed by atoms with Crippen molar-refractivity contribution in [1.29, 1.82) is 0 Å². The van der Waals surface area contributed by atoms with Crippen LogP contribution in [0.1, 0.15) is 66.5 Å². The van der Waals surface area contributed by atoms with E-state index in [9.17, 15) is 24.0 Å². The Balaban J connectivity index is 1.15. The number of ether oxygens (including phenoxy) is 1. The summed E-state index contributed by atoms with van der Waals surface area (Å²) in [6.07, 6.45) is 3.33. The normalized spacial score (nSPS) is 13.5. The number of hydrogen-bond acceptors (Lipinski definition) is 6. The largest absolute Gasteiger partial charge is 0.445 e. The van der Waals surface area contributed by atoms with Gasteiger partial charge in [0.1, 0.15) is 24.2 Å². The molecule has 12 heteroatoms. The van der Waals surface area contributed by atoms with Gasteiger partial charge in [0.2, 0.25) is 17.7 Å². The lowest BCUT2D eigenvalue weighted by molar-refractivity contribution is -0.130. The van der Waals surface area contributed by atoms with E-state index >= 15 is 0 Å². The van der Waals surface area contributed by atoms with Crippen LogP contribution >= 0.6 is 11.6 Å². The number of fused-ring (bicyclic) bond motifs is 1. The molecule has 0 unspecified atom stereocenters. The van der Waals surface area contributed by atoms with Gasteiger partial charge in [-0.15, -0.1) is 0 Å². The van der Waals surface area contributed by atoms with Crippen molar-refractivity contribution in [2.24, 2.45) is 5.92 Å². The molecule has 0 radical (unpaired) electrons. The van der Waals surface area contributed by atoms with Gasteiger partial charge in [-0.3, -0.25) is 19.2 Å². The van der Waals surface area contributed by atoms with Crippen LogP contribution in [0, 0.1) is 5.92 Å². The summed E-state index contributed by atoms with van der Waals surface area (Å²) in [5.41, 5.74) is 4.77. The quantitative estimate of drug-likeness (QED) is 0.0444. The van der Waals surface area contributed by atoms with Crippen LogP contribution in [0.4, 0.5) is 10.5 Å². The molecule has 0 aliphatic carbocycles. The maximum Gasteiger partial charge on any atom is 0.408 e. The Morgan fingerprint density at radius 2 is 1.20 bits per heavy atom. The van der Waals surface area contributed by atoms with Crippen molar-refractivity contribution in [1.82, 2.24) is 21.3 Å². The second-order valence-electron chi connectivity index (χ2n) is 17.6. The highest BCUT2D eigenvalue weighted by Gasteiger charge is 2.38. The Labute approximate surface area is 409 Å². The molecule has 11 nitrogen and oxygen atoms in total. The molecule has 0 spiro atoms. The van der Waals surface area contributed by atoms with E-state index in [1.54, 1.807) is 17.0 Å². The maximum atomic E-state index is 14.7. The van der Waals surface area contributed by atoms with Gasteiger partial charge in [-0.1, -0.05) is 183 Å². The van der Waals surface area contributed by atoms with Gasteiger partial charge in [0.05, 0.1) is 0 Å². The highest BCUT2D eigenvalue weighted by molar-refractivity contribution is 6.30. The van der Waals surface area contributed by atoms with Crippen LogP contribution in [0.5, 0.6) is 0 Å². The Kier molecular flexibility index (Phi) is 17.2. The average molecular weight is 945 g/mol. The minimum Gasteiger partial charge on any atom is -0.445 e. The van der Waals surface area contributed by atoms with Crippen molar-refractivity contribution in [3.05, 3.63) is 220 Å². The summed E-state index contributed by atoms with van der Waals surface area (Å²) in [4.78, 5) is 72.0. The molecule has 69 heavy (non-hydrogen) atoms. The summed E-state index contributed by atoms with van der Waals surface area (Å²) in [5.74, 6) is -1.71. The zero-order chi connectivity index (χ0) is 48.6. The Bertz CT molecular complexity index is 2590. The number of rotatable bonds is 20. The Hall–Kier alpha value is -7.50. The lowest BCUT2D eigenvalue weighted by Gasteiger charge is -2.37. The van der Waals surface area contributed by atoms with Crippen molar-refractivity contribution < 1.29 is 28.7 Å². The monoisotopic (exact) mass is 943 g/mol. The molecule has 1 aliphatic heterocycles. The van der Waals surface area contributed by atoms with Crippen molar-refractivity contribution in [2.45, 2.75) is 76.2 Å². The van der Waals surface area contributed by atoms with E-state index in [-0.39, 0.29) is 50.0 Å². The number of amides is 5. The molecule has 0 aromatic heterocycles. The van der Waals surface area contributed by atoms with Crippen molar-refractivity contribution in [3.63, 3.8) is 0 Å². The first kappa shape index (κ1) is 49.4. The van der Waals surface area contributed by atoms with E-state index in [0.29, 0.717) is 18.0 Å². The van der Waals surface area contributed by atoms with Gasteiger partial charge in [0, 0.05) is 42.2 Å². The van der Waals surface area contributed by atoms with E-state index in [0.717, 1.165) is 39.1 Å². The fraction of sp³-hybridized carbons (Fsp3) is 0.246.